The molecule has 1 rings (SSSR count). The van der Waals surface area contributed by atoms with Gasteiger partial charge in [-0.1, -0.05) is 6.58 Å². The monoisotopic (exact) mass is 170 g/mol. The van der Waals surface area contributed by atoms with Crippen LogP contribution in [0, 0.1) is 6.92 Å². The van der Waals surface area contributed by atoms with E-state index in [2.05, 4.69) is 30.3 Å². The summed E-state index contributed by atoms with van der Waals surface area (Å²) in [4.78, 5) is 9.25. The molecular formula is C8H10O2S. The summed E-state index contributed by atoms with van der Waals surface area (Å²) in [7, 11) is 0. The predicted molar refractivity (Wildman–Crippen MR) is 46.9 cm³/mol. The normalized spacial score (nSPS) is 7.73. The molecule has 0 spiro atoms. The van der Waals surface area contributed by atoms with E-state index in [-0.39, 0.29) is 0 Å². The van der Waals surface area contributed by atoms with Crippen molar-refractivity contribution in [1.82, 2.24) is 0 Å². The van der Waals surface area contributed by atoms with E-state index < -0.39 is 5.97 Å². The van der Waals surface area contributed by atoms with Crippen molar-refractivity contribution in [3.05, 3.63) is 35.0 Å². The topological polar surface area (TPSA) is 37.3 Å². The van der Waals surface area contributed by atoms with Crippen LogP contribution < -0.4 is 0 Å². The first-order chi connectivity index (χ1) is 5.16. The zero-order valence-electron chi connectivity index (χ0n) is 6.28. The molecule has 0 atom stereocenters. The molecular weight excluding hydrogens is 160 g/mol. The van der Waals surface area contributed by atoms with E-state index in [0.717, 1.165) is 6.08 Å². The Morgan fingerprint density at radius 2 is 2.36 bits per heavy atom. The predicted octanol–water partition coefficient (Wildman–Crippen LogP) is 2.31. The van der Waals surface area contributed by atoms with Gasteiger partial charge in [-0.05, 0) is 29.3 Å². The van der Waals surface area contributed by atoms with Gasteiger partial charge in [-0.25, -0.2) is 4.79 Å². The number of aryl methyl sites for hydroxylation is 1. The molecule has 0 aliphatic rings. The van der Waals surface area contributed by atoms with Gasteiger partial charge in [-0.2, -0.15) is 11.3 Å². The molecule has 11 heavy (non-hydrogen) atoms. The molecule has 60 valence electrons. The van der Waals surface area contributed by atoms with Crippen LogP contribution in [0.15, 0.2) is 29.5 Å². The molecule has 0 aromatic carbocycles. The maximum absolute atomic E-state index is 9.25. The van der Waals surface area contributed by atoms with Gasteiger partial charge in [0.1, 0.15) is 0 Å². The van der Waals surface area contributed by atoms with Gasteiger partial charge in [0.25, 0.3) is 0 Å². The van der Waals surface area contributed by atoms with Crippen LogP contribution in [0.3, 0.4) is 0 Å². The average Bonchev–Trinajstić information content (AvgIpc) is 2.41. The van der Waals surface area contributed by atoms with Gasteiger partial charge in [0.05, 0.1) is 0 Å². The van der Waals surface area contributed by atoms with E-state index in [4.69, 9.17) is 5.11 Å². The lowest BCUT2D eigenvalue weighted by molar-refractivity contribution is -0.131. The van der Waals surface area contributed by atoms with Gasteiger partial charge in [0, 0.05) is 6.08 Å². The van der Waals surface area contributed by atoms with E-state index in [9.17, 15) is 4.79 Å². The lowest BCUT2D eigenvalue weighted by Crippen LogP contribution is -1.82. The van der Waals surface area contributed by atoms with Crippen molar-refractivity contribution in [3.63, 3.8) is 0 Å². The second-order valence-electron chi connectivity index (χ2n) is 1.84. The summed E-state index contributed by atoms with van der Waals surface area (Å²) in [6.45, 7) is 5.05. The second-order valence-corrected chi connectivity index (χ2v) is 2.62. The number of hydrogen-bond donors (Lipinski definition) is 1. The van der Waals surface area contributed by atoms with Crippen LogP contribution in [0.5, 0.6) is 0 Å². The highest BCUT2D eigenvalue weighted by Gasteiger charge is 1.74. The minimum Gasteiger partial charge on any atom is -0.478 e. The highest BCUT2D eigenvalue weighted by molar-refractivity contribution is 7.07. The summed E-state index contributed by atoms with van der Waals surface area (Å²) < 4.78 is 0. The van der Waals surface area contributed by atoms with Crippen molar-refractivity contribution in [2.75, 3.05) is 0 Å². The van der Waals surface area contributed by atoms with E-state index in [0.29, 0.717) is 0 Å². The number of thiophene rings is 1. The lowest BCUT2D eigenvalue weighted by Gasteiger charge is -1.65. The van der Waals surface area contributed by atoms with Gasteiger partial charge in [0.15, 0.2) is 0 Å². The zero-order valence-corrected chi connectivity index (χ0v) is 7.10. The van der Waals surface area contributed by atoms with Gasteiger partial charge in [0.2, 0.25) is 0 Å². The fourth-order valence-electron chi connectivity index (χ4n) is 0.333. The lowest BCUT2D eigenvalue weighted by atomic mass is 10.4. The Balaban J connectivity index is 0.000000187. The third kappa shape index (κ3) is 6.80. The number of rotatable bonds is 1. The second kappa shape index (κ2) is 5.68. The summed E-state index contributed by atoms with van der Waals surface area (Å²) in [5.74, 6) is -0.981. The fraction of sp³-hybridized carbons (Fsp3) is 0.125. The zero-order chi connectivity index (χ0) is 8.69. The van der Waals surface area contributed by atoms with E-state index in [1.165, 1.54) is 5.56 Å². The number of carbonyl (C=O) groups is 1. The number of carboxylic acid groups (broad SMARTS) is 1. The molecule has 0 aliphatic carbocycles. The van der Waals surface area contributed by atoms with Gasteiger partial charge >= 0.3 is 5.97 Å². The Kier molecular flexibility index (Phi) is 5.11. The molecule has 1 N–H and O–H groups in total. The van der Waals surface area contributed by atoms with Crippen LogP contribution in [0.4, 0.5) is 0 Å². The molecule has 1 aromatic rings. The van der Waals surface area contributed by atoms with Crippen LogP contribution >= 0.6 is 11.3 Å². The quantitative estimate of drug-likeness (QED) is 0.657. The van der Waals surface area contributed by atoms with Gasteiger partial charge in [-0.3, -0.25) is 0 Å². The molecule has 0 bridgehead atoms. The van der Waals surface area contributed by atoms with Crippen LogP contribution in [-0.2, 0) is 4.79 Å². The first-order valence-electron chi connectivity index (χ1n) is 3.01. The molecule has 2 nitrogen and oxygen atoms in total. The van der Waals surface area contributed by atoms with Gasteiger partial charge in [-0.15, -0.1) is 0 Å². The Bertz CT molecular complexity index is 214. The van der Waals surface area contributed by atoms with Crippen molar-refractivity contribution in [2.24, 2.45) is 0 Å². The number of hydrogen-bond acceptors (Lipinski definition) is 2. The van der Waals surface area contributed by atoms with Crippen molar-refractivity contribution in [2.45, 2.75) is 6.92 Å². The molecule has 0 aliphatic heterocycles. The summed E-state index contributed by atoms with van der Waals surface area (Å²) in [5.41, 5.74) is 1.36. The van der Waals surface area contributed by atoms with Crippen molar-refractivity contribution in [3.8, 4) is 0 Å². The summed E-state index contributed by atoms with van der Waals surface area (Å²) in [6.07, 6.45) is 0.833. The summed E-state index contributed by atoms with van der Waals surface area (Å²) in [6, 6.07) is 2.10. The highest BCUT2D eigenvalue weighted by Crippen LogP contribution is 2.01. The minimum absolute atomic E-state index is 0.833. The van der Waals surface area contributed by atoms with E-state index in [1.54, 1.807) is 11.3 Å². The Morgan fingerprint density at radius 3 is 2.45 bits per heavy atom. The smallest absolute Gasteiger partial charge is 0.327 e. The van der Waals surface area contributed by atoms with Crippen molar-refractivity contribution < 1.29 is 9.90 Å². The maximum atomic E-state index is 9.25. The number of aliphatic carboxylic acids is 1. The van der Waals surface area contributed by atoms with Crippen LogP contribution in [0.25, 0.3) is 0 Å². The molecule has 0 unspecified atom stereocenters. The molecule has 3 heteroatoms. The molecule has 0 saturated heterocycles. The van der Waals surface area contributed by atoms with Crippen molar-refractivity contribution in [1.29, 1.82) is 0 Å². The molecule has 0 fully saturated rings. The maximum Gasteiger partial charge on any atom is 0.327 e. The summed E-state index contributed by atoms with van der Waals surface area (Å²) >= 11 is 1.74. The third-order valence-corrected chi connectivity index (χ3v) is 1.64. The highest BCUT2D eigenvalue weighted by atomic mass is 32.1. The SMILES string of the molecule is C=CC(=O)O.Cc1ccsc1. The standard InChI is InChI=1S/C5H6S.C3H4O2/c1-5-2-3-6-4-5;1-2-3(4)5/h2-4H,1H3;2H,1H2,(H,4,5). The molecule has 0 amide bonds. The van der Waals surface area contributed by atoms with Crippen molar-refractivity contribution >= 4 is 17.3 Å². The molecule has 1 aromatic heterocycles. The first kappa shape index (κ1) is 9.91. The van der Waals surface area contributed by atoms with Crippen LogP contribution in [0.2, 0.25) is 0 Å². The Hall–Kier alpha value is -1.09. The van der Waals surface area contributed by atoms with E-state index in [1.807, 2.05) is 0 Å². The third-order valence-electron chi connectivity index (χ3n) is 0.838. The summed E-state index contributed by atoms with van der Waals surface area (Å²) in [5, 5.41) is 11.8. The number of carboxylic acids is 1. The first-order valence-corrected chi connectivity index (χ1v) is 3.95. The fourth-order valence-corrected chi connectivity index (χ4v) is 0.998. The molecule has 0 saturated carbocycles. The molecule has 0 radical (unpaired) electrons. The Morgan fingerprint density at radius 1 is 1.82 bits per heavy atom. The molecule has 1 heterocycles. The van der Waals surface area contributed by atoms with E-state index >= 15 is 0 Å². The van der Waals surface area contributed by atoms with Gasteiger partial charge < -0.3 is 5.11 Å². The van der Waals surface area contributed by atoms with Crippen LogP contribution in [0.1, 0.15) is 5.56 Å². The minimum atomic E-state index is -0.981. The van der Waals surface area contributed by atoms with Crippen LogP contribution in [-0.4, -0.2) is 11.1 Å². The Labute approximate surface area is 69.8 Å². The average molecular weight is 170 g/mol. The largest absolute Gasteiger partial charge is 0.478 e.